The molecular formula is C8H15N3O. The van der Waals surface area contributed by atoms with E-state index in [1.807, 2.05) is 20.8 Å². The first-order chi connectivity index (χ1) is 5.45. The quantitative estimate of drug-likeness (QED) is 0.372. The lowest BCUT2D eigenvalue weighted by molar-refractivity contribution is 0.249. The predicted molar refractivity (Wildman–Crippen MR) is 49.8 cm³/mol. The molecule has 0 fully saturated rings. The molecule has 0 saturated carbocycles. The maximum absolute atomic E-state index is 10.3. The molecule has 0 heterocycles. The van der Waals surface area contributed by atoms with E-state index in [1.54, 1.807) is 0 Å². The number of amides is 2. The molecule has 0 rings (SSSR count). The Morgan fingerprint density at radius 2 is 2.08 bits per heavy atom. The zero-order valence-electron chi connectivity index (χ0n) is 7.72. The number of hydrogen-bond acceptors (Lipinski definition) is 2. The van der Waals surface area contributed by atoms with Crippen molar-refractivity contribution in [1.29, 1.82) is 0 Å². The Balaban J connectivity index is 4.17. The van der Waals surface area contributed by atoms with E-state index in [2.05, 4.69) is 17.1 Å². The standard InChI is InChI=1S/C8H15N3O/c1-5(2)6(3)7(4)10-11-8(9)12/h6H,1H2,2-4H3,(H3,9,11,12)/b10-7+/t6-/m0/s1. The minimum absolute atomic E-state index is 0.164. The van der Waals surface area contributed by atoms with Crippen LogP contribution in [-0.4, -0.2) is 11.7 Å². The molecule has 0 aromatic carbocycles. The van der Waals surface area contributed by atoms with Crippen LogP contribution >= 0.6 is 0 Å². The lowest BCUT2D eigenvalue weighted by Crippen LogP contribution is -2.26. The van der Waals surface area contributed by atoms with Crippen LogP contribution in [0, 0.1) is 5.92 Å². The molecular weight excluding hydrogens is 154 g/mol. The predicted octanol–water partition coefficient (Wildman–Crippen LogP) is 1.24. The van der Waals surface area contributed by atoms with E-state index in [0.717, 1.165) is 11.3 Å². The maximum atomic E-state index is 10.3. The van der Waals surface area contributed by atoms with E-state index in [0.29, 0.717) is 0 Å². The van der Waals surface area contributed by atoms with Gasteiger partial charge in [0.15, 0.2) is 0 Å². The van der Waals surface area contributed by atoms with Gasteiger partial charge in [0, 0.05) is 11.6 Å². The van der Waals surface area contributed by atoms with Gasteiger partial charge in [0.05, 0.1) is 0 Å². The average Bonchev–Trinajstić information content (AvgIpc) is 1.98. The third kappa shape index (κ3) is 3.75. The molecule has 0 saturated heterocycles. The minimum Gasteiger partial charge on any atom is -0.350 e. The lowest BCUT2D eigenvalue weighted by atomic mass is 10.0. The van der Waals surface area contributed by atoms with Crippen LogP contribution in [-0.2, 0) is 0 Å². The second-order valence-corrected chi connectivity index (χ2v) is 2.80. The fourth-order valence-electron chi connectivity index (χ4n) is 0.597. The summed E-state index contributed by atoms with van der Waals surface area (Å²) in [6, 6.07) is -0.650. The number of carbonyl (C=O) groups excluding carboxylic acids is 1. The summed E-state index contributed by atoms with van der Waals surface area (Å²) < 4.78 is 0. The van der Waals surface area contributed by atoms with Crippen LogP contribution in [0.1, 0.15) is 20.8 Å². The van der Waals surface area contributed by atoms with Crippen LogP contribution in [0.4, 0.5) is 4.79 Å². The summed E-state index contributed by atoms with van der Waals surface area (Å²) in [5, 5.41) is 3.78. The van der Waals surface area contributed by atoms with E-state index in [4.69, 9.17) is 5.73 Å². The van der Waals surface area contributed by atoms with E-state index >= 15 is 0 Å². The van der Waals surface area contributed by atoms with Crippen LogP contribution in [0.3, 0.4) is 0 Å². The Bertz CT molecular complexity index is 220. The van der Waals surface area contributed by atoms with E-state index in [1.165, 1.54) is 0 Å². The molecule has 68 valence electrons. The summed E-state index contributed by atoms with van der Waals surface area (Å²) in [4.78, 5) is 10.3. The van der Waals surface area contributed by atoms with Crippen molar-refractivity contribution in [2.45, 2.75) is 20.8 Å². The molecule has 0 bridgehead atoms. The first-order valence-corrected chi connectivity index (χ1v) is 3.70. The molecule has 0 aromatic heterocycles. The highest BCUT2D eigenvalue weighted by molar-refractivity contribution is 5.87. The summed E-state index contributed by atoms with van der Waals surface area (Å²) in [6.45, 7) is 9.47. The molecule has 3 N–H and O–H groups in total. The second kappa shape index (κ2) is 4.54. The number of nitrogens with one attached hydrogen (secondary N) is 1. The van der Waals surface area contributed by atoms with Crippen LogP contribution in [0.25, 0.3) is 0 Å². The number of hydrogen-bond donors (Lipinski definition) is 2. The summed E-state index contributed by atoms with van der Waals surface area (Å²) in [5.74, 6) is 0.164. The van der Waals surface area contributed by atoms with Crippen molar-refractivity contribution in [3.8, 4) is 0 Å². The van der Waals surface area contributed by atoms with Crippen molar-refractivity contribution in [3.05, 3.63) is 12.2 Å². The van der Waals surface area contributed by atoms with Crippen LogP contribution in [0.2, 0.25) is 0 Å². The minimum atomic E-state index is -0.650. The van der Waals surface area contributed by atoms with Crippen molar-refractivity contribution in [1.82, 2.24) is 5.43 Å². The van der Waals surface area contributed by atoms with Gasteiger partial charge in [0.1, 0.15) is 0 Å². The summed E-state index contributed by atoms with van der Waals surface area (Å²) >= 11 is 0. The number of allylic oxidation sites excluding steroid dienone is 1. The number of carbonyl (C=O) groups is 1. The Morgan fingerprint density at radius 1 is 1.58 bits per heavy atom. The molecule has 2 amide bonds. The van der Waals surface area contributed by atoms with Crippen LogP contribution in [0.15, 0.2) is 17.3 Å². The maximum Gasteiger partial charge on any atom is 0.332 e. The number of hydrazone groups is 1. The molecule has 0 aliphatic heterocycles. The first kappa shape index (κ1) is 10.7. The summed E-state index contributed by atoms with van der Waals surface area (Å²) in [7, 11) is 0. The van der Waals surface area contributed by atoms with Gasteiger partial charge in [0.2, 0.25) is 0 Å². The van der Waals surface area contributed by atoms with Crippen LogP contribution in [0.5, 0.6) is 0 Å². The van der Waals surface area contributed by atoms with Gasteiger partial charge < -0.3 is 5.73 Å². The molecule has 0 radical (unpaired) electrons. The van der Waals surface area contributed by atoms with Gasteiger partial charge >= 0.3 is 6.03 Å². The van der Waals surface area contributed by atoms with Gasteiger partial charge in [-0.2, -0.15) is 5.10 Å². The van der Waals surface area contributed by atoms with Gasteiger partial charge in [0.25, 0.3) is 0 Å². The molecule has 0 unspecified atom stereocenters. The third-order valence-corrected chi connectivity index (χ3v) is 1.71. The van der Waals surface area contributed by atoms with E-state index < -0.39 is 6.03 Å². The third-order valence-electron chi connectivity index (χ3n) is 1.71. The largest absolute Gasteiger partial charge is 0.350 e. The molecule has 4 heteroatoms. The number of primary amides is 1. The Labute approximate surface area is 72.5 Å². The summed E-state index contributed by atoms with van der Waals surface area (Å²) in [6.07, 6.45) is 0. The molecule has 4 nitrogen and oxygen atoms in total. The van der Waals surface area contributed by atoms with Crippen molar-refractivity contribution >= 4 is 11.7 Å². The molecule has 1 atom stereocenters. The van der Waals surface area contributed by atoms with Crippen molar-refractivity contribution < 1.29 is 4.79 Å². The Hall–Kier alpha value is -1.32. The van der Waals surface area contributed by atoms with Crippen molar-refractivity contribution in [2.75, 3.05) is 0 Å². The zero-order valence-corrected chi connectivity index (χ0v) is 7.72. The topological polar surface area (TPSA) is 67.5 Å². The van der Waals surface area contributed by atoms with E-state index in [-0.39, 0.29) is 5.92 Å². The number of urea groups is 1. The van der Waals surface area contributed by atoms with Crippen molar-refractivity contribution in [2.24, 2.45) is 16.8 Å². The molecule has 0 aliphatic rings. The number of nitrogens with zero attached hydrogens (tertiary/aromatic N) is 1. The zero-order chi connectivity index (χ0) is 9.72. The normalized spacial score (nSPS) is 13.8. The second-order valence-electron chi connectivity index (χ2n) is 2.80. The van der Waals surface area contributed by atoms with Gasteiger partial charge in [-0.3, -0.25) is 0 Å². The highest BCUT2D eigenvalue weighted by Crippen LogP contribution is 2.08. The Morgan fingerprint density at radius 3 is 2.42 bits per heavy atom. The van der Waals surface area contributed by atoms with Gasteiger partial charge in [-0.1, -0.05) is 19.1 Å². The Kier molecular flexibility index (Phi) is 4.04. The van der Waals surface area contributed by atoms with Gasteiger partial charge in [-0.25, -0.2) is 10.2 Å². The highest BCUT2D eigenvalue weighted by Gasteiger charge is 2.05. The number of rotatable bonds is 3. The molecule has 12 heavy (non-hydrogen) atoms. The average molecular weight is 169 g/mol. The SMILES string of the molecule is C=C(C)[C@H](C)/C(C)=N/NC(N)=O. The smallest absolute Gasteiger partial charge is 0.332 e. The van der Waals surface area contributed by atoms with Crippen LogP contribution < -0.4 is 11.2 Å². The number of nitrogens with two attached hydrogens (primary N) is 1. The highest BCUT2D eigenvalue weighted by atomic mass is 16.2. The fraction of sp³-hybridized carbons (Fsp3) is 0.500. The molecule has 0 aromatic rings. The molecule has 0 aliphatic carbocycles. The van der Waals surface area contributed by atoms with Crippen molar-refractivity contribution in [3.63, 3.8) is 0 Å². The van der Waals surface area contributed by atoms with E-state index in [9.17, 15) is 4.79 Å². The summed E-state index contributed by atoms with van der Waals surface area (Å²) in [5.41, 5.74) is 8.80. The monoisotopic (exact) mass is 169 g/mol. The lowest BCUT2D eigenvalue weighted by Gasteiger charge is -2.09. The molecule has 0 spiro atoms. The fourth-order valence-corrected chi connectivity index (χ4v) is 0.597. The first-order valence-electron chi connectivity index (χ1n) is 3.70. The van der Waals surface area contributed by atoms with Gasteiger partial charge in [-0.15, -0.1) is 0 Å². The van der Waals surface area contributed by atoms with Gasteiger partial charge in [-0.05, 0) is 13.8 Å².